The molecule has 0 radical (unpaired) electrons. The fourth-order valence-corrected chi connectivity index (χ4v) is 5.74. The highest BCUT2D eigenvalue weighted by Crippen LogP contribution is 2.23. The molecule has 1 heteroatoms. The van der Waals surface area contributed by atoms with E-state index in [-0.39, 0.29) is 0 Å². The zero-order valence-corrected chi connectivity index (χ0v) is 25.1. The molecule has 0 aromatic heterocycles. The van der Waals surface area contributed by atoms with E-state index >= 15 is 0 Å². The molecule has 0 aromatic rings. The molecule has 0 aliphatic heterocycles. The standard InChI is InChI=1S/C34H71N/c1-3-5-7-9-11-13-15-17-19-21-23-25-27-30-34(32-29-33-35)31-28-26-24-22-20-18-16-14-12-10-8-6-4-2/h34H,3-33,35H2,1-2H3. The van der Waals surface area contributed by atoms with Crippen LogP contribution in [0.4, 0.5) is 0 Å². The number of hydrogen-bond acceptors (Lipinski definition) is 1. The number of rotatable bonds is 31. The van der Waals surface area contributed by atoms with E-state index in [1.807, 2.05) is 0 Å². The van der Waals surface area contributed by atoms with Gasteiger partial charge in [-0.3, -0.25) is 0 Å². The average Bonchev–Trinajstić information content (AvgIpc) is 2.87. The zero-order valence-electron chi connectivity index (χ0n) is 25.1. The Morgan fingerprint density at radius 2 is 0.543 bits per heavy atom. The summed E-state index contributed by atoms with van der Waals surface area (Å²) in [5, 5.41) is 0. The molecule has 0 unspecified atom stereocenters. The van der Waals surface area contributed by atoms with E-state index in [9.17, 15) is 0 Å². The molecule has 0 saturated heterocycles. The molecule has 212 valence electrons. The van der Waals surface area contributed by atoms with Crippen LogP contribution in [0.1, 0.15) is 206 Å². The van der Waals surface area contributed by atoms with Gasteiger partial charge in [-0.25, -0.2) is 0 Å². The highest BCUT2D eigenvalue weighted by Gasteiger charge is 2.08. The molecule has 35 heavy (non-hydrogen) atoms. The minimum atomic E-state index is 0.883. The molecular formula is C34H71N. The average molecular weight is 494 g/mol. The van der Waals surface area contributed by atoms with Crippen molar-refractivity contribution in [3.63, 3.8) is 0 Å². The van der Waals surface area contributed by atoms with E-state index in [0.717, 1.165) is 12.5 Å². The lowest BCUT2D eigenvalue weighted by Crippen LogP contribution is -2.06. The first-order valence-electron chi connectivity index (χ1n) is 17.0. The third-order valence-electron chi connectivity index (χ3n) is 8.25. The summed E-state index contributed by atoms with van der Waals surface area (Å²) in [6, 6.07) is 0. The lowest BCUT2D eigenvalue weighted by molar-refractivity contribution is 0.373. The summed E-state index contributed by atoms with van der Waals surface area (Å²) in [5.74, 6) is 0.957. The highest BCUT2D eigenvalue weighted by molar-refractivity contribution is 4.62. The molecule has 2 N–H and O–H groups in total. The maximum absolute atomic E-state index is 5.83. The number of unbranched alkanes of at least 4 members (excludes halogenated alkanes) is 24. The minimum absolute atomic E-state index is 0.883. The molecule has 0 aliphatic rings. The van der Waals surface area contributed by atoms with E-state index in [0.29, 0.717) is 0 Å². The quantitative estimate of drug-likeness (QED) is 0.0954. The van der Waals surface area contributed by atoms with Gasteiger partial charge in [-0.05, 0) is 25.3 Å². The van der Waals surface area contributed by atoms with E-state index in [1.54, 1.807) is 0 Å². The van der Waals surface area contributed by atoms with Gasteiger partial charge in [0.1, 0.15) is 0 Å². The summed E-state index contributed by atoms with van der Waals surface area (Å²) in [6.45, 7) is 5.50. The van der Waals surface area contributed by atoms with Crippen LogP contribution in [0.15, 0.2) is 0 Å². The van der Waals surface area contributed by atoms with E-state index in [4.69, 9.17) is 5.73 Å². The molecule has 0 rings (SSSR count). The van der Waals surface area contributed by atoms with Gasteiger partial charge in [0, 0.05) is 0 Å². The summed E-state index contributed by atoms with van der Waals surface area (Å²) in [4.78, 5) is 0. The van der Waals surface area contributed by atoms with E-state index in [1.165, 1.54) is 193 Å². The van der Waals surface area contributed by atoms with Crippen LogP contribution in [0.2, 0.25) is 0 Å². The molecule has 1 nitrogen and oxygen atoms in total. The lowest BCUT2D eigenvalue weighted by atomic mass is 9.90. The van der Waals surface area contributed by atoms with Gasteiger partial charge in [0.05, 0.1) is 0 Å². The molecule has 0 saturated carbocycles. The predicted octanol–water partition coefficient (Wildman–Crippen LogP) is 12.3. The van der Waals surface area contributed by atoms with E-state index < -0.39 is 0 Å². The van der Waals surface area contributed by atoms with Crippen LogP contribution >= 0.6 is 0 Å². The van der Waals surface area contributed by atoms with Gasteiger partial charge in [0.2, 0.25) is 0 Å². The Labute approximate surface area is 224 Å². The monoisotopic (exact) mass is 494 g/mol. The van der Waals surface area contributed by atoms with Crippen molar-refractivity contribution in [1.82, 2.24) is 0 Å². The second-order valence-electron chi connectivity index (χ2n) is 11.9. The third kappa shape index (κ3) is 30.1. The van der Waals surface area contributed by atoms with E-state index in [2.05, 4.69) is 13.8 Å². The maximum Gasteiger partial charge on any atom is -0.00772 e. The fraction of sp³-hybridized carbons (Fsp3) is 1.00. The maximum atomic E-state index is 5.83. The Hall–Kier alpha value is -0.0400. The van der Waals surface area contributed by atoms with Gasteiger partial charge in [0.25, 0.3) is 0 Å². The van der Waals surface area contributed by atoms with Gasteiger partial charge in [0.15, 0.2) is 0 Å². The Morgan fingerprint density at radius 3 is 0.800 bits per heavy atom. The third-order valence-corrected chi connectivity index (χ3v) is 8.25. The summed E-state index contributed by atoms with van der Waals surface area (Å²) >= 11 is 0. The molecule has 0 heterocycles. The van der Waals surface area contributed by atoms with Crippen molar-refractivity contribution < 1.29 is 0 Å². The lowest BCUT2D eigenvalue weighted by Gasteiger charge is -2.16. The van der Waals surface area contributed by atoms with Crippen LogP contribution in [-0.4, -0.2) is 6.54 Å². The highest BCUT2D eigenvalue weighted by atomic mass is 14.5. The summed E-state index contributed by atoms with van der Waals surface area (Å²) in [7, 11) is 0. The smallest absolute Gasteiger partial charge is 0.00772 e. The van der Waals surface area contributed by atoms with Gasteiger partial charge in [-0.15, -0.1) is 0 Å². The minimum Gasteiger partial charge on any atom is -0.330 e. The second kappa shape index (κ2) is 32.0. The fourth-order valence-electron chi connectivity index (χ4n) is 5.74. The SMILES string of the molecule is CCCCCCCCCCCCCCCC(CCCN)CCCCCCCCCCCCCCC. The molecule has 0 bridgehead atoms. The van der Waals surface area contributed by atoms with Crippen LogP contribution in [0.3, 0.4) is 0 Å². The predicted molar refractivity (Wildman–Crippen MR) is 162 cm³/mol. The normalized spacial score (nSPS) is 11.7. The summed E-state index contributed by atoms with van der Waals surface area (Å²) < 4.78 is 0. The van der Waals surface area contributed by atoms with Crippen molar-refractivity contribution in [1.29, 1.82) is 0 Å². The number of hydrogen-bond donors (Lipinski definition) is 1. The first-order chi connectivity index (χ1) is 17.3. The largest absolute Gasteiger partial charge is 0.330 e. The molecular weight excluding hydrogens is 422 g/mol. The van der Waals surface area contributed by atoms with Gasteiger partial charge in [-0.1, -0.05) is 194 Å². The summed E-state index contributed by atoms with van der Waals surface area (Å²) in [5.41, 5.74) is 5.83. The topological polar surface area (TPSA) is 26.0 Å². The van der Waals surface area contributed by atoms with Crippen LogP contribution in [0.5, 0.6) is 0 Å². The second-order valence-corrected chi connectivity index (χ2v) is 11.9. The van der Waals surface area contributed by atoms with Crippen molar-refractivity contribution in [2.75, 3.05) is 6.54 Å². The Bertz CT molecular complexity index is 322. The molecule has 0 aromatic carbocycles. The first-order valence-corrected chi connectivity index (χ1v) is 17.0. The number of nitrogens with two attached hydrogens (primary N) is 1. The Kier molecular flexibility index (Phi) is 32.0. The molecule has 0 spiro atoms. The molecule has 0 fully saturated rings. The van der Waals surface area contributed by atoms with Crippen molar-refractivity contribution in [3.8, 4) is 0 Å². The molecule has 0 amide bonds. The van der Waals surface area contributed by atoms with Crippen molar-refractivity contribution in [3.05, 3.63) is 0 Å². The Balaban J connectivity index is 3.48. The van der Waals surface area contributed by atoms with Gasteiger partial charge < -0.3 is 5.73 Å². The molecule has 0 atom stereocenters. The molecule has 0 aliphatic carbocycles. The summed E-state index contributed by atoms with van der Waals surface area (Å²) in [6.07, 6.45) is 43.6. The van der Waals surface area contributed by atoms with Crippen LogP contribution in [0.25, 0.3) is 0 Å². The first kappa shape index (κ1) is 35.0. The van der Waals surface area contributed by atoms with Gasteiger partial charge in [-0.2, -0.15) is 0 Å². The zero-order chi connectivity index (χ0) is 25.5. The van der Waals surface area contributed by atoms with Crippen molar-refractivity contribution in [2.45, 2.75) is 206 Å². The Morgan fingerprint density at radius 1 is 0.314 bits per heavy atom. The van der Waals surface area contributed by atoms with Gasteiger partial charge >= 0.3 is 0 Å². The van der Waals surface area contributed by atoms with Crippen molar-refractivity contribution in [2.24, 2.45) is 11.7 Å². The van der Waals surface area contributed by atoms with Crippen LogP contribution in [0, 0.1) is 5.92 Å². The van der Waals surface area contributed by atoms with Crippen LogP contribution < -0.4 is 5.73 Å². The van der Waals surface area contributed by atoms with Crippen molar-refractivity contribution >= 4 is 0 Å². The van der Waals surface area contributed by atoms with Crippen LogP contribution in [-0.2, 0) is 0 Å².